The highest BCUT2D eigenvalue weighted by molar-refractivity contribution is 7.98. The summed E-state index contributed by atoms with van der Waals surface area (Å²) in [6.07, 6.45) is 10.8. The molecule has 0 radical (unpaired) electrons. The largest absolute Gasteiger partial charge is 0.378 e. The maximum absolute atomic E-state index is 11.1. The Bertz CT molecular complexity index is 709. The predicted molar refractivity (Wildman–Crippen MR) is 149 cm³/mol. The Morgan fingerprint density at radius 1 is 0.647 bits per heavy atom. The van der Waals surface area contributed by atoms with Crippen LogP contribution in [0.4, 0.5) is 0 Å². The summed E-state index contributed by atoms with van der Waals surface area (Å²) in [5, 5.41) is 0. The van der Waals surface area contributed by atoms with Crippen molar-refractivity contribution in [3.05, 3.63) is 12.3 Å². The van der Waals surface area contributed by atoms with Crippen LogP contribution in [0.25, 0.3) is 0 Å². The van der Waals surface area contributed by atoms with Crippen LogP contribution in [0.1, 0.15) is 79.1 Å². The van der Waals surface area contributed by atoms with Gasteiger partial charge in [-0.1, -0.05) is 27.9 Å². The maximum atomic E-state index is 11.1. The number of carbonyl (C=O) groups is 2. The zero-order chi connectivity index (χ0) is 24.1. The summed E-state index contributed by atoms with van der Waals surface area (Å²) in [4.78, 5) is 27.5. The molecule has 0 aromatic carbocycles. The van der Waals surface area contributed by atoms with Crippen molar-refractivity contribution >= 4 is 27.4 Å². The van der Waals surface area contributed by atoms with Gasteiger partial charge in [-0.05, 0) is 57.9 Å². The monoisotopic (exact) mass is 502 g/mol. The summed E-state index contributed by atoms with van der Waals surface area (Å²) in [6.45, 7) is 7.93. The van der Waals surface area contributed by atoms with Gasteiger partial charge < -0.3 is 14.7 Å². The quantitative estimate of drug-likeness (QED) is 0.468. The molecule has 0 saturated carbocycles. The Balaban J connectivity index is 0. The van der Waals surface area contributed by atoms with Crippen molar-refractivity contribution in [3.63, 3.8) is 0 Å². The van der Waals surface area contributed by atoms with E-state index < -0.39 is 9.71 Å². The molecule has 0 spiro atoms. The van der Waals surface area contributed by atoms with Crippen LogP contribution in [0.3, 0.4) is 0 Å². The van der Waals surface area contributed by atoms with Gasteiger partial charge in [0.2, 0.25) is 11.8 Å². The molecule has 4 fully saturated rings. The summed E-state index contributed by atoms with van der Waals surface area (Å²) < 4.78 is 13.0. The Kier molecular flexibility index (Phi) is 18.2. The Morgan fingerprint density at radius 2 is 1.12 bits per heavy atom. The Morgan fingerprint density at radius 3 is 1.44 bits per heavy atom. The minimum Gasteiger partial charge on any atom is -0.378 e. The van der Waals surface area contributed by atoms with E-state index in [0.29, 0.717) is 11.8 Å². The van der Waals surface area contributed by atoms with Crippen LogP contribution in [0.15, 0.2) is 12.3 Å². The molecule has 0 bridgehead atoms. The van der Waals surface area contributed by atoms with E-state index in [4.69, 9.17) is 0 Å². The molecule has 0 aliphatic carbocycles. The molecule has 4 aliphatic heterocycles. The molecular weight excluding hydrogens is 448 g/mol. The molecule has 4 heterocycles. The molecule has 0 aromatic heterocycles. The lowest BCUT2D eigenvalue weighted by Gasteiger charge is -2.21. The number of hydrogen-bond acceptors (Lipinski definition) is 4. The third-order valence-corrected chi connectivity index (χ3v) is 8.62. The number of allylic oxidation sites excluding steroid dienone is 1. The first-order chi connectivity index (χ1) is 15.0. The van der Waals surface area contributed by atoms with E-state index in [1.165, 1.54) is 44.3 Å². The van der Waals surface area contributed by atoms with E-state index in [2.05, 4.69) is 24.4 Å². The topological polar surface area (TPSA) is 64.2 Å². The Labute approximate surface area is 211 Å². The van der Waals surface area contributed by atoms with Crippen LogP contribution in [0, 0.1) is 0 Å². The van der Waals surface area contributed by atoms with Crippen molar-refractivity contribution in [2.24, 2.45) is 0 Å². The van der Waals surface area contributed by atoms with Gasteiger partial charge in [0.05, 0.1) is 0 Å². The molecule has 4 rings (SSSR count). The first kappa shape index (κ1) is 34.6. The average molecular weight is 503 g/mol. The molecule has 1 atom stereocenters. The lowest BCUT2D eigenvalue weighted by Crippen LogP contribution is -2.31. The van der Waals surface area contributed by atoms with Crippen molar-refractivity contribution in [2.45, 2.75) is 79.1 Å². The lowest BCUT2D eigenvalue weighted by molar-refractivity contribution is -0.131. The first-order valence-corrected chi connectivity index (χ1v) is 13.8. The second kappa shape index (κ2) is 17.8. The summed E-state index contributed by atoms with van der Waals surface area (Å²) >= 11 is 0. The van der Waals surface area contributed by atoms with Crippen molar-refractivity contribution in [3.8, 4) is 0 Å². The summed E-state index contributed by atoms with van der Waals surface area (Å²) in [5.41, 5.74) is 1.29. The third-order valence-electron chi connectivity index (χ3n) is 6.37. The molecule has 0 aromatic rings. The van der Waals surface area contributed by atoms with Gasteiger partial charge >= 0.3 is 0 Å². The van der Waals surface area contributed by atoms with Crippen molar-refractivity contribution in [1.82, 2.24) is 19.0 Å². The molecule has 7 nitrogen and oxygen atoms in total. The SMILES string of the molecule is C.C.C=C1CCCN1C.C=S1(=O)CCCN1C.CN1CCCCC1=O.CN1CCCCCC1=O. The van der Waals surface area contributed by atoms with E-state index in [-0.39, 0.29) is 14.9 Å². The number of hydrogen-bond donors (Lipinski definition) is 0. The molecule has 0 N–H and O–H groups in total. The van der Waals surface area contributed by atoms with E-state index in [1.54, 1.807) is 4.90 Å². The van der Waals surface area contributed by atoms with Gasteiger partial charge in [0.15, 0.2) is 0 Å². The summed E-state index contributed by atoms with van der Waals surface area (Å²) in [5.74, 6) is 5.00. The van der Waals surface area contributed by atoms with Gasteiger partial charge in [-0.15, -0.1) is 0 Å². The van der Waals surface area contributed by atoms with Gasteiger partial charge in [-0.25, -0.2) is 4.31 Å². The zero-order valence-electron chi connectivity index (χ0n) is 20.9. The number of carbonyl (C=O) groups excluding carboxylic acids is 2. The second-order valence-electron chi connectivity index (χ2n) is 9.17. The van der Waals surface area contributed by atoms with Crippen LogP contribution < -0.4 is 0 Å². The molecule has 1 unspecified atom stereocenters. The standard InChI is InChI=1S/C7H13NO.C6H11NO.C6H11N.C5H11NOS.2CH4/c1-8-6-4-2-3-5-7(8)9;1-7-5-3-2-4-6(7)8;1-6-4-3-5-7(6)2;1-6-4-3-5-8(6,2)7;;/h2-6H2,1H3;2-5H2,1H3;1,3-5H2,2H3;2-5H2,1H3;2*1H4. The van der Waals surface area contributed by atoms with E-state index in [0.717, 1.165) is 57.5 Å². The molecular formula is C26H54N4O3S. The number of amides is 2. The van der Waals surface area contributed by atoms with Crippen LogP contribution in [0.2, 0.25) is 0 Å². The second-order valence-corrected chi connectivity index (χ2v) is 11.7. The normalized spacial score (nSPS) is 24.8. The fourth-order valence-electron chi connectivity index (χ4n) is 3.76. The zero-order valence-corrected chi connectivity index (χ0v) is 21.8. The van der Waals surface area contributed by atoms with Crippen LogP contribution in [-0.2, 0) is 19.3 Å². The number of rotatable bonds is 0. The third kappa shape index (κ3) is 13.4. The number of piperidine rings is 1. The number of likely N-dealkylation sites (tertiary alicyclic amines) is 3. The summed E-state index contributed by atoms with van der Waals surface area (Å²) in [6, 6.07) is 0. The highest BCUT2D eigenvalue weighted by Gasteiger charge is 2.17. The highest BCUT2D eigenvalue weighted by atomic mass is 32.2. The Hall–Kier alpha value is -1.54. The van der Waals surface area contributed by atoms with E-state index in [9.17, 15) is 13.8 Å². The minimum atomic E-state index is -1.79. The molecule has 202 valence electrons. The maximum Gasteiger partial charge on any atom is 0.222 e. The van der Waals surface area contributed by atoms with Gasteiger partial charge in [0.25, 0.3) is 0 Å². The molecule has 8 heteroatoms. The predicted octanol–water partition coefficient (Wildman–Crippen LogP) is 4.10. The van der Waals surface area contributed by atoms with Crippen molar-refractivity contribution in [1.29, 1.82) is 0 Å². The minimum absolute atomic E-state index is 0. The molecule has 4 aliphatic rings. The van der Waals surface area contributed by atoms with E-state index in [1.807, 2.05) is 30.3 Å². The van der Waals surface area contributed by atoms with Crippen molar-refractivity contribution < 1.29 is 13.8 Å². The highest BCUT2D eigenvalue weighted by Crippen LogP contribution is 2.15. The van der Waals surface area contributed by atoms with Gasteiger partial charge in [-0.2, -0.15) is 0 Å². The van der Waals surface area contributed by atoms with Crippen molar-refractivity contribution in [2.75, 3.05) is 60.1 Å². The molecule has 2 amide bonds. The fourth-order valence-corrected chi connectivity index (χ4v) is 5.12. The van der Waals surface area contributed by atoms with Gasteiger partial charge in [-0.3, -0.25) is 13.8 Å². The molecule has 34 heavy (non-hydrogen) atoms. The van der Waals surface area contributed by atoms with Crippen LogP contribution in [-0.4, -0.2) is 101 Å². The van der Waals surface area contributed by atoms with Crippen LogP contribution >= 0.6 is 0 Å². The van der Waals surface area contributed by atoms with E-state index >= 15 is 0 Å². The number of nitrogens with zero attached hydrogens (tertiary/aromatic N) is 4. The average Bonchev–Trinajstić information content (AvgIpc) is 3.20. The van der Waals surface area contributed by atoms with Gasteiger partial charge in [0.1, 0.15) is 0 Å². The smallest absolute Gasteiger partial charge is 0.222 e. The van der Waals surface area contributed by atoms with Gasteiger partial charge in [0, 0.05) is 81.3 Å². The lowest BCUT2D eigenvalue weighted by atomic mass is 10.1. The van der Waals surface area contributed by atoms with Crippen LogP contribution in [0.5, 0.6) is 0 Å². The first-order valence-electron chi connectivity index (χ1n) is 12.0. The molecule has 4 saturated heterocycles. The fraction of sp³-hybridized carbons (Fsp3) is 0.808. The summed E-state index contributed by atoms with van der Waals surface area (Å²) in [7, 11) is 5.91.